The van der Waals surface area contributed by atoms with E-state index in [1.165, 1.54) is 0 Å². The lowest BCUT2D eigenvalue weighted by molar-refractivity contribution is -0.129. The number of imidazole rings is 1. The molecule has 2 aromatic heterocycles. The van der Waals surface area contributed by atoms with E-state index in [4.69, 9.17) is 11.5 Å². The first-order valence-electron chi connectivity index (χ1n) is 8.48. The first-order valence-corrected chi connectivity index (χ1v) is 8.48. The highest BCUT2D eigenvalue weighted by Gasteiger charge is 2.22. The maximum absolute atomic E-state index is 11.9. The smallest absolute Gasteiger partial charge is 0.236 e. The van der Waals surface area contributed by atoms with Gasteiger partial charge in [0.2, 0.25) is 11.9 Å². The average Bonchev–Trinajstić information content (AvgIpc) is 2.97. The predicted molar refractivity (Wildman–Crippen MR) is 109 cm³/mol. The van der Waals surface area contributed by atoms with E-state index in [2.05, 4.69) is 31.8 Å². The molecule has 0 radical (unpaired) electrons. The Bertz CT molecular complexity index is 767. The van der Waals surface area contributed by atoms with Crippen molar-refractivity contribution in [2.45, 2.75) is 32.9 Å². The largest absolute Gasteiger partial charge is 0.368 e. The van der Waals surface area contributed by atoms with E-state index in [1.54, 1.807) is 4.90 Å². The maximum atomic E-state index is 11.9. The molecule has 0 bridgehead atoms. The van der Waals surface area contributed by atoms with Crippen LogP contribution >= 0.6 is 24.8 Å². The van der Waals surface area contributed by atoms with Crippen molar-refractivity contribution in [3.63, 3.8) is 0 Å². The van der Waals surface area contributed by atoms with Gasteiger partial charge in [0.1, 0.15) is 5.82 Å². The zero-order valence-corrected chi connectivity index (χ0v) is 16.9. The molecular weight excluding hydrogens is 391 g/mol. The number of nitrogens with two attached hydrogens (primary N) is 2. The molecule has 3 rings (SSSR count). The quantitative estimate of drug-likeness (QED) is 0.651. The molecule has 5 N–H and O–H groups in total. The fraction of sp³-hybridized carbons (Fsp3) is 0.500. The molecule has 2 aromatic rings. The molecular formula is C16H26Cl2N8O. The van der Waals surface area contributed by atoms with Crippen LogP contribution in [0.25, 0.3) is 0 Å². The number of nitrogen functional groups attached to an aromatic ring is 1. The fourth-order valence-electron chi connectivity index (χ4n) is 3.10. The van der Waals surface area contributed by atoms with Gasteiger partial charge >= 0.3 is 0 Å². The van der Waals surface area contributed by atoms with E-state index in [1.807, 2.05) is 12.5 Å². The Labute approximate surface area is 170 Å². The van der Waals surface area contributed by atoms with E-state index in [0.717, 1.165) is 29.3 Å². The minimum atomic E-state index is -0.0462. The van der Waals surface area contributed by atoms with Crippen molar-refractivity contribution in [1.82, 2.24) is 24.4 Å². The number of nitrogens with one attached hydrogen (secondary N) is 1. The molecule has 1 aliphatic heterocycles. The standard InChI is InChI=1S/C16H24N8O.2ClH/c1-2-23-10-19-8-11(23)9-20-15-12-3-5-24(14(25)7-17)6-4-13(12)21-16(18)22-15;;/h8,10H,2-7,9,17H2,1H3,(H3,18,20,21,22);2*1H. The number of amides is 1. The maximum Gasteiger partial charge on any atom is 0.236 e. The molecule has 0 aromatic carbocycles. The van der Waals surface area contributed by atoms with Crippen molar-refractivity contribution in [3.8, 4) is 0 Å². The normalized spacial score (nSPS) is 13.0. The van der Waals surface area contributed by atoms with Gasteiger partial charge < -0.3 is 26.3 Å². The number of rotatable bonds is 5. The molecule has 150 valence electrons. The summed E-state index contributed by atoms with van der Waals surface area (Å²) in [5.41, 5.74) is 14.3. The molecule has 1 amide bonds. The van der Waals surface area contributed by atoms with Crippen LogP contribution in [0.15, 0.2) is 12.5 Å². The summed E-state index contributed by atoms with van der Waals surface area (Å²) in [4.78, 5) is 26.6. The number of carbonyl (C=O) groups is 1. The van der Waals surface area contributed by atoms with Gasteiger partial charge in [-0.25, -0.2) is 9.97 Å². The van der Waals surface area contributed by atoms with Crippen LogP contribution in [0.2, 0.25) is 0 Å². The third-order valence-electron chi connectivity index (χ3n) is 4.46. The SMILES string of the molecule is CCn1cncc1CNc1nc(N)nc2c1CCN(C(=O)CN)CC2.Cl.Cl. The molecule has 1 aliphatic rings. The summed E-state index contributed by atoms with van der Waals surface area (Å²) in [7, 11) is 0. The zero-order chi connectivity index (χ0) is 17.8. The summed E-state index contributed by atoms with van der Waals surface area (Å²) in [6.45, 7) is 4.76. The van der Waals surface area contributed by atoms with E-state index in [9.17, 15) is 4.79 Å². The molecule has 9 nitrogen and oxygen atoms in total. The predicted octanol–water partition coefficient (Wildman–Crippen LogP) is 0.617. The van der Waals surface area contributed by atoms with Gasteiger partial charge in [-0.15, -0.1) is 24.8 Å². The number of nitrogens with zero attached hydrogens (tertiary/aromatic N) is 5. The van der Waals surface area contributed by atoms with Crippen LogP contribution in [0.4, 0.5) is 11.8 Å². The van der Waals surface area contributed by atoms with Crippen LogP contribution in [0.5, 0.6) is 0 Å². The second kappa shape index (κ2) is 10.3. The number of aryl methyl sites for hydroxylation is 1. The Morgan fingerprint density at radius 1 is 1.26 bits per heavy atom. The van der Waals surface area contributed by atoms with Gasteiger partial charge in [0.15, 0.2) is 0 Å². The topological polar surface area (TPSA) is 128 Å². The molecule has 27 heavy (non-hydrogen) atoms. The monoisotopic (exact) mass is 416 g/mol. The lowest BCUT2D eigenvalue weighted by atomic mass is 10.1. The molecule has 11 heteroatoms. The van der Waals surface area contributed by atoms with Crippen LogP contribution in [0, 0.1) is 0 Å². The number of hydrogen-bond donors (Lipinski definition) is 3. The van der Waals surface area contributed by atoms with Crippen LogP contribution in [0.3, 0.4) is 0 Å². The van der Waals surface area contributed by atoms with Gasteiger partial charge in [-0.1, -0.05) is 0 Å². The van der Waals surface area contributed by atoms with Gasteiger partial charge in [-0.3, -0.25) is 4.79 Å². The highest BCUT2D eigenvalue weighted by atomic mass is 35.5. The molecule has 3 heterocycles. The second-order valence-corrected chi connectivity index (χ2v) is 5.97. The van der Waals surface area contributed by atoms with Crippen molar-refractivity contribution in [2.75, 3.05) is 30.7 Å². The molecule has 0 atom stereocenters. The summed E-state index contributed by atoms with van der Waals surface area (Å²) >= 11 is 0. The Morgan fingerprint density at radius 2 is 2.00 bits per heavy atom. The van der Waals surface area contributed by atoms with Crippen molar-refractivity contribution in [2.24, 2.45) is 5.73 Å². The molecule has 0 aliphatic carbocycles. The minimum absolute atomic E-state index is 0. The summed E-state index contributed by atoms with van der Waals surface area (Å²) in [6, 6.07) is 0. The highest BCUT2D eigenvalue weighted by molar-refractivity contribution is 5.85. The van der Waals surface area contributed by atoms with Gasteiger partial charge in [0.25, 0.3) is 0 Å². The number of fused-ring (bicyclic) bond motifs is 1. The Hall–Kier alpha value is -2.10. The Kier molecular flexibility index (Phi) is 8.74. The van der Waals surface area contributed by atoms with E-state index >= 15 is 0 Å². The first kappa shape index (κ1) is 22.9. The number of halogens is 2. The third kappa shape index (κ3) is 5.21. The zero-order valence-electron chi connectivity index (χ0n) is 15.2. The number of anilines is 2. The summed E-state index contributed by atoms with van der Waals surface area (Å²) in [5, 5.41) is 3.36. The average molecular weight is 417 g/mol. The molecule has 0 spiro atoms. The van der Waals surface area contributed by atoms with Crippen LogP contribution in [-0.2, 0) is 30.7 Å². The van der Waals surface area contributed by atoms with Crippen LogP contribution in [-0.4, -0.2) is 50.0 Å². The third-order valence-corrected chi connectivity index (χ3v) is 4.46. The van der Waals surface area contributed by atoms with Gasteiger partial charge in [0.05, 0.1) is 30.8 Å². The van der Waals surface area contributed by atoms with Gasteiger partial charge in [-0.2, -0.15) is 4.98 Å². The summed E-state index contributed by atoms with van der Waals surface area (Å²) in [5.74, 6) is 0.923. The Morgan fingerprint density at radius 3 is 2.70 bits per heavy atom. The van der Waals surface area contributed by atoms with E-state index < -0.39 is 0 Å². The van der Waals surface area contributed by atoms with E-state index in [-0.39, 0.29) is 43.2 Å². The van der Waals surface area contributed by atoms with Crippen molar-refractivity contribution < 1.29 is 4.79 Å². The minimum Gasteiger partial charge on any atom is -0.368 e. The lowest BCUT2D eigenvalue weighted by Crippen LogP contribution is -2.37. The summed E-state index contributed by atoms with van der Waals surface area (Å²) < 4.78 is 2.07. The fourth-order valence-corrected chi connectivity index (χ4v) is 3.10. The van der Waals surface area contributed by atoms with Gasteiger partial charge in [-0.05, 0) is 13.3 Å². The number of carbonyl (C=O) groups excluding carboxylic acids is 1. The first-order chi connectivity index (χ1) is 12.1. The molecule has 0 fully saturated rings. The second-order valence-electron chi connectivity index (χ2n) is 5.97. The van der Waals surface area contributed by atoms with Crippen molar-refractivity contribution in [3.05, 3.63) is 29.5 Å². The van der Waals surface area contributed by atoms with Crippen molar-refractivity contribution in [1.29, 1.82) is 0 Å². The van der Waals surface area contributed by atoms with Crippen LogP contribution < -0.4 is 16.8 Å². The van der Waals surface area contributed by atoms with Gasteiger partial charge in [0, 0.05) is 37.8 Å². The highest BCUT2D eigenvalue weighted by Crippen LogP contribution is 2.23. The van der Waals surface area contributed by atoms with E-state index in [0.29, 0.717) is 32.5 Å². The van der Waals surface area contributed by atoms with Crippen LogP contribution in [0.1, 0.15) is 23.9 Å². The molecule has 0 saturated heterocycles. The number of aromatic nitrogens is 4. The van der Waals surface area contributed by atoms with Crippen molar-refractivity contribution >= 4 is 42.5 Å². The number of hydrogen-bond acceptors (Lipinski definition) is 7. The lowest BCUT2D eigenvalue weighted by Gasteiger charge is -2.18. The summed E-state index contributed by atoms with van der Waals surface area (Å²) in [6.07, 6.45) is 4.97. The molecule has 0 unspecified atom stereocenters. The Balaban J connectivity index is 0.00000182. The molecule has 0 saturated carbocycles.